The Hall–Kier alpha value is -3.26. The summed E-state index contributed by atoms with van der Waals surface area (Å²) in [4.78, 5) is 26.4. The second kappa shape index (κ2) is 44.9. The highest BCUT2D eigenvalue weighted by Gasteiger charge is 2.46. The fraction of sp³-hybridized carbons (Fsp3) is 0.818. The van der Waals surface area contributed by atoms with Crippen LogP contribution < -0.4 is 10.6 Å². The Morgan fingerprint density at radius 3 is 1.35 bits per heavy atom. The molecule has 6 unspecified atom stereocenters. The Balaban J connectivity index is 0.000000190. The summed E-state index contributed by atoms with van der Waals surface area (Å²) in [5.41, 5.74) is 10.5. The van der Waals surface area contributed by atoms with Gasteiger partial charge in [0.25, 0.3) is 0 Å². The van der Waals surface area contributed by atoms with Crippen molar-refractivity contribution in [2.24, 2.45) is 52.3 Å². The van der Waals surface area contributed by atoms with Crippen molar-refractivity contribution >= 4 is 22.8 Å². The molecule has 11 nitrogen and oxygen atoms in total. The van der Waals surface area contributed by atoms with Gasteiger partial charge in [-0.25, -0.2) is 0 Å². The summed E-state index contributed by atoms with van der Waals surface area (Å²) in [7, 11) is 0. The lowest BCUT2D eigenvalue weighted by molar-refractivity contribution is 0.0690. The Labute approximate surface area is 682 Å². The predicted octanol–water partition coefficient (Wildman–Crippen LogP) is 23.2. The zero-order valence-electron chi connectivity index (χ0n) is 77.6. The third kappa shape index (κ3) is 33.4. The zero-order valence-corrected chi connectivity index (χ0v) is 77.6. The summed E-state index contributed by atoms with van der Waals surface area (Å²) < 4.78 is 0. The number of likely N-dealkylation sites (tertiary alicyclic amines) is 6. The summed E-state index contributed by atoms with van der Waals surface area (Å²) in [6.07, 6.45) is 32.9. The van der Waals surface area contributed by atoms with Crippen LogP contribution in [0.5, 0.6) is 0 Å². The first kappa shape index (κ1) is 95.6. The molecule has 1 aromatic heterocycles. The van der Waals surface area contributed by atoms with Crippen molar-refractivity contribution in [1.82, 2.24) is 44.6 Å². The molecular formula is C99H179N11. The summed E-state index contributed by atoms with van der Waals surface area (Å²) >= 11 is 0. The minimum Gasteiger partial charge on any atom is -0.384 e. The fourth-order valence-electron chi connectivity index (χ4n) is 18.3. The number of piperidine rings is 4. The maximum atomic E-state index is 4.32. The molecule has 4 bridgehead atoms. The van der Waals surface area contributed by atoms with Gasteiger partial charge in [-0.1, -0.05) is 125 Å². The van der Waals surface area contributed by atoms with E-state index in [4.69, 9.17) is 0 Å². The Kier molecular flexibility index (Phi) is 39.0. The van der Waals surface area contributed by atoms with Crippen LogP contribution in [0.3, 0.4) is 0 Å². The van der Waals surface area contributed by atoms with Crippen molar-refractivity contribution in [1.29, 1.82) is 0 Å². The van der Waals surface area contributed by atoms with Crippen molar-refractivity contribution in [2.45, 2.75) is 373 Å². The highest BCUT2D eigenvalue weighted by Crippen LogP contribution is 2.46. The van der Waals surface area contributed by atoms with Crippen LogP contribution in [0.15, 0.2) is 71.5 Å². The maximum absolute atomic E-state index is 4.32. The van der Waals surface area contributed by atoms with Gasteiger partial charge in [0.15, 0.2) is 0 Å². The Morgan fingerprint density at radius 1 is 0.445 bits per heavy atom. The third-order valence-corrected chi connectivity index (χ3v) is 26.3. The van der Waals surface area contributed by atoms with Crippen molar-refractivity contribution in [3.63, 3.8) is 0 Å². The lowest BCUT2D eigenvalue weighted by Crippen LogP contribution is -2.51. The van der Waals surface area contributed by atoms with Gasteiger partial charge in [0.1, 0.15) is 0 Å². The number of allylic oxidation sites excluding steroid dienone is 1. The van der Waals surface area contributed by atoms with Crippen LogP contribution in [0.4, 0.5) is 5.69 Å². The van der Waals surface area contributed by atoms with Crippen molar-refractivity contribution in [3.05, 3.63) is 83.2 Å². The molecule has 2 aromatic carbocycles. The molecule has 6 atom stereocenters. The first-order valence-electron chi connectivity index (χ1n) is 45.9. The molecule has 11 fully saturated rings. The number of pyridine rings is 1. The van der Waals surface area contributed by atoms with Crippen molar-refractivity contribution < 1.29 is 0 Å². The molecule has 3 aromatic rings. The molecule has 4 saturated carbocycles. The average Bonchev–Trinajstić information content (AvgIpc) is 1.63. The smallest absolute Gasteiger partial charge is 0.0704 e. The molecular weight excluding hydrogens is 1340 g/mol. The number of aliphatic imine (C=N–C) groups is 1. The molecule has 11 heteroatoms. The first-order chi connectivity index (χ1) is 51.5. The predicted molar refractivity (Wildman–Crippen MR) is 485 cm³/mol. The molecule has 16 rings (SSSR count). The molecule has 630 valence electrons. The van der Waals surface area contributed by atoms with Gasteiger partial charge in [-0.05, 0) is 353 Å². The van der Waals surface area contributed by atoms with Crippen LogP contribution >= 0.6 is 0 Å². The lowest BCUT2D eigenvalue weighted by Gasteiger charge is -2.42. The average molecular weight is 1520 g/mol. The molecule has 13 aliphatic rings. The summed E-state index contributed by atoms with van der Waals surface area (Å²) in [6, 6.07) is 19.7. The van der Waals surface area contributed by atoms with E-state index < -0.39 is 0 Å². The minimum absolute atomic E-state index is 0.275. The SMILES string of the molecule is CC(C)(C)N1CC2CCC(C2)C1.CC(C)(C)N1CC2CCC1C2.CC(C)(C)N1CCC1.CC(C)(C)N1CCCCC1.CC(C)(C)N1CCNCC1.CC(C)(C)c1ccc2c(c1)CCN2.CC(C)C1=CN=CC1.CC(C)C1CCCC1.CC(C)N1CC2CC2C1.CC(C)N1CCCC1.CC(C)c1cccc2ncccc12. The Morgan fingerprint density at radius 2 is 0.973 bits per heavy atom. The van der Waals surface area contributed by atoms with E-state index in [9.17, 15) is 0 Å². The monoisotopic (exact) mass is 1520 g/mol. The largest absolute Gasteiger partial charge is 0.384 e. The van der Waals surface area contributed by atoms with E-state index in [0.717, 1.165) is 91.1 Å². The van der Waals surface area contributed by atoms with E-state index in [2.05, 4.69) is 291 Å². The molecule has 0 amide bonds. The van der Waals surface area contributed by atoms with E-state index in [1.807, 2.05) is 24.7 Å². The van der Waals surface area contributed by atoms with Gasteiger partial charge < -0.3 is 20.4 Å². The molecule has 0 radical (unpaired) electrons. The fourth-order valence-corrected chi connectivity index (χ4v) is 18.3. The summed E-state index contributed by atoms with van der Waals surface area (Å²) in [6.45, 7) is 84.6. The van der Waals surface area contributed by atoms with Gasteiger partial charge >= 0.3 is 0 Å². The number of nitrogens with zero attached hydrogens (tertiary/aromatic N) is 9. The van der Waals surface area contributed by atoms with Crippen LogP contribution in [0.25, 0.3) is 10.9 Å². The van der Waals surface area contributed by atoms with Crippen LogP contribution in [-0.2, 0) is 11.8 Å². The number of rotatable bonds is 5. The highest BCUT2D eigenvalue weighted by molar-refractivity contribution is 5.82. The van der Waals surface area contributed by atoms with E-state index in [0.29, 0.717) is 39.5 Å². The second-order valence-corrected chi connectivity index (χ2v) is 43.1. The van der Waals surface area contributed by atoms with Gasteiger partial charge in [-0.15, -0.1) is 0 Å². The number of fused-ring (bicyclic) bond motifs is 7. The van der Waals surface area contributed by atoms with E-state index >= 15 is 0 Å². The molecule has 7 saturated heterocycles. The first-order valence-corrected chi connectivity index (χ1v) is 45.9. The second-order valence-electron chi connectivity index (χ2n) is 43.1. The van der Waals surface area contributed by atoms with E-state index in [1.165, 1.54) is 234 Å². The molecule has 4 aliphatic carbocycles. The van der Waals surface area contributed by atoms with Crippen molar-refractivity contribution in [3.8, 4) is 0 Å². The Bertz CT molecular complexity index is 2990. The van der Waals surface area contributed by atoms with Crippen LogP contribution in [0, 0.1) is 47.3 Å². The maximum Gasteiger partial charge on any atom is 0.0704 e. The van der Waals surface area contributed by atoms with E-state index in [1.54, 1.807) is 0 Å². The number of nitrogens with one attached hydrogen (secondary N) is 2. The number of benzene rings is 2. The molecule has 0 spiro atoms. The quantitative estimate of drug-likeness (QED) is 0.258. The number of aromatic nitrogens is 1. The van der Waals surface area contributed by atoms with Crippen molar-refractivity contribution in [2.75, 3.05) is 110 Å². The highest BCUT2D eigenvalue weighted by atomic mass is 15.3. The topological polar surface area (TPSA) is 72.0 Å². The van der Waals surface area contributed by atoms with Gasteiger partial charge in [0.05, 0.1) is 5.52 Å². The zero-order chi connectivity index (χ0) is 81.4. The summed E-state index contributed by atoms with van der Waals surface area (Å²) in [5.74, 6) is 8.56. The van der Waals surface area contributed by atoms with Gasteiger partial charge in [0, 0.05) is 147 Å². The minimum atomic E-state index is 0.275. The van der Waals surface area contributed by atoms with Gasteiger partial charge in [-0.2, -0.15) is 0 Å². The van der Waals surface area contributed by atoms with E-state index in [-0.39, 0.29) is 5.41 Å². The molecule has 9 aliphatic heterocycles. The molecule has 110 heavy (non-hydrogen) atoms. The van der Waals surface area contributed by atoms with Gasteiger partial charge in [-0.3, -0.25) is 34.5 Å². The van der Waals surface area contributed by atoms with Crippen LogP contribution in [0.1, 0.15) is 332 Å². The number of piperazine rings is 1. The normalized spacial score (nSPS) is 24.9. The van der Waals surface area contributed by atoms with Gasteiger partial charge in [0.2, 0.25) is 0 Å². The van der Waals surface area contributed by atoms with Crippen LogP contribution in [0.2, 0.25) is 0 Å². The third-order valence-electron chi connectivity index (χ3n) is 26.3. The molecule has 10 heterocycles. The summed E-state index contributed by atoms with van der Waals surface area (Å²) in [5, 5.41) is 8.00. The number of anilines is 1. The number of hydrogen-bond acceptors (Lipinski definition) is 11. The number of hydrogen-bond donors (Lipinski definition) is 2. The lowest BCUT2D eigenvalue weighted by atomic mass is 9.86. The van der Waals surface area contributed by atoms with Crippen LogP contribution in [-0.4, -0.2) is 196 Å². The standard InChI is InChI=1S/C12H17N.C12H13N.C11H21N.C10H19N.C9H19N.C8H18N2.C8H15N.C8H16.C7H15N.C7H11N.C7H15N/c1-12(2,3)10-4-5-11-9(8-10)6-7-13-11;1-9(2)10-5-3-7-12-11(10)6-4-8-13-12;1-11(2,3)12-7-9-4-5-10(6-9)8-12;1-10(2,3)11-7-8-4-5-9(11)6-8;1-9(2,3)10-7-5-4-6-8-10;1-8(2,3)10-6-4-9-5-7-10;1-6(2)9-4-7-3-8(7)5-9;1-7(2)8-5-3-4-6-8;1-7(2,3)8-5-4-6-8;1-6(2)7-3-4-8-5-7;1-7(2)8-5-3-4-6-8/h4-5,8,13H,6-7H2,1-3H3;3-9H,1-2H3;9-10H,4-8H2,1-3H3;8-9H,4-7H2,1-3H3;4-8H2,1-3H3;9H,4-7H2,1-3H3;6-8H,3-5H2,1-2H3;7-8H,3-6H2,1-2H3;4-6H2,1-3H3;4-6H,3H2,1-2H3;7H,3-6H2,1-2H3. The molecule has 2 N–H and O–H groups in total.